The third-order valence-corrected chi connectivity index (χ3v) is 7.56. The van der Waals surface area contributed by atoms with Crippen molar-refractivity contribution < 1.29 is 8.42 Å². The van der Waals surface area contributed by atoms with Crippen molar-refractivity contribution >= 4 is 39.5 Å². The van der Waals surface area contributed by atoms with Crippen LogP contribution in [0.2, 0.25) is 0 Å². The van der Waals surface area contributed by atoms with Crippen LogP contribution in [0.25, 0.3) is 10.6 Å². The van der Waals surface area contributed by atoms with Gasteiger partial charge < -0.3 is 5.73 Å². The molecule has 148 valence electrons. The van der Waals surface area contributed by atoms with Gasteiger partial charge in [0.25, 0.3) is 10.0 Å². The lowest BCUT2D eigenvalue weighted by Gasteiger charge is -2.31. The van der Waals surface area contributed by atoms with Crippen molar-refractivity contribution in [2.75, 3.05) is 10.8 Å². The lowest BCUT2D eigenvalue weighted by atomic mass is 10.0. The molecule has 2 heterocycles. The predicted octanol–water partition coefficient (Wildman–Crippen LogP) is 4.14. The average molecular weight is 436 g/mol. The van der Waals surface area contributed by atoms with Crippen LogP contribution >= 0.6 is 23.7 Å². The van der Waals surface area contributed by atoms with E-state index in [0.717, 1.165) is 45.9 Å². The van der Waals surface area contributed by atoms with Gasteiger partial charge in [-0.1, -0.05) is 24.3 Å². The fourth-order valence-electron chi connectivity index (χ4n) is 3.40. The molecular weight excluding hydrogens is 414 g/mol. The largest absolute Gasteiger partial charge is 0.326 e. The van der Waals surface area contributed by atoms with E-state index < -0.39 is 10.0 Å². The second-order valence-corrected chi connectivity index (χ2v) is 9.39. The first kappa shape index (κ1) is 20.8. The van der Waals surface area contributed by atoms with Gasteiger partial charge in [-0.25, -0.2) is 13.4 Å². The number of benzene rings is 2. The standard InChI is InChI=1S/C20H21N3O2S2.ClH/c1-14-13-26-20(22-14)17-4-2-6-18(11-17)27(24,25)23-9-3-5-16-10-15(12-21)7-8-19(16)23;/h2,4,6-8,10-11,13H,3,5,9,12,21H2,1H3;1H. The van der Waals surface area contributed by atoms with Crippen molar-refractivity contribution in [3.05, 3.63) is 64.7 Å². The van der Waals surface area contributed by atoms with Gasteiger partial charge in [0.2, 0.25) is 0 Å². The van der Waals surface area contributed by atoms with Crippen molar-refractivity contribution in [1.82, 2.24) is 4.98 Å². The molecule has 28 heavy (non-hydrogen) atoms. The summed E-state index contributed by atoms with van der Waals surface area (Å²) in [6.07, 6.45) is 1.67. The number of halogens is 1. The molecule has 3 aromatic rings. The summed E-state index contributed by atoms with van der Waals surface area (Å²) < 4.78 is 28.3. The van der Waals surface area contributed by atoms with E-state index in [1.165, 1.54) is 15.6 Å². The number of nitrogens with two attached hydrogens (primary N) is 1. The molecule has 2 N–H and O–H groups in total. The number of aromatic nitrogens is 1. The van der Waals surface area contributed by atoms with Crippen molar-refractivity contribution in [2.45, 2.75) is 31.2 Å². The summed E-state index contributed by atoms with van der Waals surface area (Å²) in [5.41, 5.74) is 10.3. The van der Waals surface area contributed by atoms with Crippen molar-refractivity contribution in [1.29, 1.82) is 0 Å². The number of nitrogens with zero attached hydrogens (tertiary/aromatic N) is 2. The molecular formula is C20H22ClN3O2S2. The lowest BCUT2D eigenvalue weighted by Crippen LogP contribution is -2.35. The molecule has 0 unspecified atom stereocenters. The highest BCUT2D eigenvalue weighted by Gasteiger charge is 2.29. The van der Waals surface area contributed by atoms with Gasteiger partial charge in [-0.05, 0) is 49.1 Å². The van der Waals surface area contributed by atoms with E-state index in [4.69, 9.17) is 5.73 Å². The highest BCUT2D eigenvalue weighted by atomic mass is 35.5. The van der Waals surface area contributed by atoms with Gasteiger partial charge in [0.05, 0.1) is 10.6 Å². The number of rotatable bonds is 4. The Hall–Kier alpha value is -1.93. The van der Waals surface area contributed by atoms with Gasteiger partial charge in [-0.2, -0.15) is 0 Å². The molecule has 1 aliphatic heterocycles. The highest BCUT2D eigenvalue weighted by Crippen LogP contribution is 2.34. The maximum absolute atomic E-state index is 13.4. The van der Waals surface area contributed by atoms with Gasteiger partial charge in [-0.15, -0.1) is 23.7 Å². The summed E-state index contributed by atoms with van der Waals surface area (Å²) in [5, 5.41) is 2.79. The molecule has 0 fully saturated rings. The zero-order valence-electron chi connectivity index (χ0n) is 15.5. The van der Waals surface area contributed by atoms with Gasteiger partial charge in [0.15, 0.2) is 0 Å². The zero-order valence-corrected chi connectivity index (χ0v) is 17.9. The number of aryl methyl sites for hydroxylation is 2. The average Bonchev–Trinajstić information content (AvgIpc) is 3.13. The molecule has 0 radical (unpaired) electrons. The third-order valence-electron chi connectivity index (χ3n) is 4.74. The molecule has 0 amide bonds. The van der Waals surface area contributed by atoms with Crippen LogP contribution < -0.4 is 10.0 Å². The molecule has 1 aromatic heterocycles. The first-order chi connectivity index (χ1) is 13.0. The molecule has 0 bridgehead atoms. The normalized spacial score (nSPS) is 13.7. The van der Waals surface area contributed by atoms with Crippen LogP contribution in [0.4, 0.5) is 5.69 Å². The molecule has 0 atom stereocenters. The van der Waals surface area contributed by atoms with Crippen molar-refractivity contribution in [2.24, 2.45) is 5.73 Å². The quantitative estimate of drug-likeness (QED) is 0.668. The Kier molecular flexibility index (Phi) is 6.09. The Morgan fingerprint density at radius 3 is 2.75 bits per heavy atom. The van der Waals surface area contributed by atoms with E-state index in [9.17, 15) is 8.42 Å². The zero-order chi connectivity index (χ0) is 19.0. The summed E-state index contributed by atoms with van der Waals surface area (Å²) in [7, 11) is -3.64. The van der Waals surface area contributed by atoms with E-state index in [1.807, 2.05) is 36.6 Å². The van der Waals surface area contributed by atoms with Gasteiger partial charge in [0.1, 0.15) is 5.01 Å². The van der Waals surface area contributed by atoms with Crippen LogP contribution in [0.15, 0.2) is 52.7 Å². The minimum Gasteiger partial charge on any atom is -0.326 e. The Morgan fingerprint density at radius 2 is 2.04 bits per heavy atom. The second kappa shape index (κ2) is 8.21. The molecule has 5 nitrogen and oxygen atoms in total. The van der Waals surface area contributed by atoms with Crippen LogP contribution in [-0.2, 0) is 23.0 Å². The maximum Gasteiger partial charge on any atom is 0.264 e. The van der Waals surface area contributed by atoms with Crippen LogP contribution in [0, 0.1) is 6.92 Å². The highest BCUT2D eigenvalue weighted by molar-refractivity contribution is 7.92. The summed E-state index contributed by atoms with van der Waals surface area (Å²) in [4.78, 5) is 4.76. The topological polar surface area (TPSA) is 76.3 Å². The first-order valence-corrected chi connectivity index (χ1v) is 11.2. The van der Waals surface area contributed by atoms with Gasteiger partial charge in [0, 0.05) is 29.7 Å². The summed E-state index contributed by atoms with van der Waals surface area (Å²) in [5.74, 6) is 0. The Morgan fingerprint density at radius 1 is 1.21 bits per heavy atom. The summed E-state index contributed by atoms with van der Waals surface area (Å²) in [6, 6.07) is 12.9. The van der Waals surface area contributed by atoms with Crippen molar-refractivity contribution in [3.63, 3.8) is 0 Å². The number of sulfonamides is 1. The van der Waals surface area contributed by atoms with Gasteiger partial charge >= 0.3 is 0 Å². The van der Waals surface area contributed by atoms with E-state index in [0.29, 0.717) is 18.0 Å². The van der Waals surface area contributed by atoms with Crippen LogP contribution in [-0.4, -0.2) is 19.9 Å². The number of hydrogen-bond donors (Lipinski definition) is 1. The second-order valence-electron chi connectivity index (χ2n) is 6.67. The SMILES string of the molecule is Cc1csc(-c2cccc(S(=O)(=O)N3CCCc4cc(CN)ccc43)c2)n1.Cl. The third kappa shape index (κ3) is 3.80. The predicted molar refractivity (Wildman–Crippen MR) is 117 cm³/mol. The fourth-order valence-corrected chi connectivity index (χ4v) is 5.78. The van der Waals surface area contributed by atoms with Crippen molar-refractivity contribution in [3.8, 4) is 10.6 Å². The molecule has 0 saturated heterocycles. The fraction of sp³-hybridized carbons (Fsp3) is 0.250. The first-order valence-electron chi connectivity index (χ1n) is 8.86. The minimum atomic E-state index is -3.64. The molecule has 8 heteroatoms. The van der Waals surface area contributed by atoms with E-state index >= 15 is 0 Å². The molecule has 0 spiro atoms. The molecule has 2 aromatic carbocycles. The Balaban J connectivity index is 0.00000225. The smallest absolute Gasteiger partial charge is 0.264 e. The molecule has 1 aliphatic rings. The summed E-state index contributed by atoms with van der Waals surface area (Å²) >= 11 is 1.52. The van der Waals surface area contributed by atoms with E-state index in [2.05, 4.69) is 4.98 Å². The lowest BCUT2D eigenvalue weighted by molar-refractivity contribution is 0.586. The molecule has 4 rings (SSSR count). The van der Waals surface area contributed by atoms with E-state index in [1.54, 1.807) is 18.2 Å². The number of hydrogen-bond acceptors (Lipinski definition) is 5. The van der Waals surface area contributed by atoms with Crippen LogP contribution in [0.3, 0.4) is 0 Å². The van der Waals surface area contributed by atoms with Gasteiger partial charge in [-0.3, -0.25) is 4.31 Å². The minimum absolute atomic E-state index is 0. The molecule has 0 aliphatic carbocycles. The van der Waals surface area contributed by atoms with Crippen LogP contribution in [0.5, 0.6) is 0 Å². The molecule has 0 saturated carbocycles. The number of fused-ring (bicyclic) bond motifs is 1. The Labute approximate surface area is 175 Å². The van der Waals surface area contributed by atoms with Crippen LogP contribution in [0.1, 0.15) is 23.2 Å². The van der Waals surface area contributed by atoms with E-state index in [-0.39, 0.29) is 12.4 Å². The maximum atomic E-state index is 13.4. The monoisotopic (exact) mass is 435 g/mol. The number of thiazole rings is 1. The summed E-state index contributed by atoms with van der Waals surface area (Å²) in [6.45, 7) is 2.87. The number of anilines is 1. The Bertz CT molecular complexity index is 1100.